The molecular formula is C17H21N3OS. The monoisotopic (exact) mass is 315 g/mol. The SMILES string of the molecule is CCc1ccccc1NC(=O)CSc1nc(C)c(C)c(C)n1. The number of amides is 1. The summed E-state index contributed by atoms with van der Waals surface area (Å²) in [5.41, 5.74) is 5.05. The van der Waals surface area contributed by atoms with Gasteiger partial charge in [0, 0.05) is 17.1 Å². The molecule has 22 heavy (non-hydrogen) atoms. The van der Waals surface area contributed by atoms with Crippen molar-refractivity contribution in [1.82, 2.24) is 9.97 Å². The topological polar surface area (TPSA) is 54.9 Å². The van der Waals surface area contributed by atoms with Gasteiger partial charge in [-0.05, 0) is 44.4 Å². The van der Waals surface area contributed by atoms with Crippen LogP contribution >= 0.6 is 11.8 Å². The third-order valence-corrected chi connectivity index (χ3v) is 4.46. The van der Waals surface area contributed by atoms with Crippen molar-refractivity contribution < 1.29 is 4.79 Å². The lowest BCUT2D eigenvalue weighted by Gasteiger charge is -2.10. The van der Waals surface area contributed by atoms with Gasteiger partial charge in [-0.2, -0.15) is 0 Å². The van der Waals surface area contributed by atoms with E-state index >= 15 is 0 Å². The van der Waals surface area contributed by atoms with E-state index in [9.17, 15) is 4.79 Å². The Morgan fingerprint density at radius 3 is 2.41 bits per heavy atom. The first-order chi connectivity index (χ1) is 10.5. The van der Waals surface area contributed by atoms with Crippen LogP contribution < -0.4 is 5.32 Å². The molecule has 4 nitrogen and oxygen atoms in total. The third-order valence-electron chi connectivity index (χ3n) is 3.62. The minimum Gasteiger partial charge on any atom is -0.325 e. The van der Waals surface area contributed by atoms with E-state index in [1.165, 1.54) is 11.8 Å². The van der Waals surface area contributed by atoms with Crippen molar-refractivity contribution in [2.45, 2.75) is 39.3 Å². The molecule has 0 radical (unpaired) electrons. The average Bonchev–Trinajstić information content (AvgIpc) is 2.51. The molecule has 0 unspecified atom stereocenters. The Bertz CT molecular complexity index is 662. The van der Waals surface area contributed by atoms with E-state index in [2.05, 4.69) is 22.2 Å². The summed E-state index contributed by atoms with van der Waals surface area (Å²) >= 11 is 1.36. The summed E-state index contributed by atoms with van der Waals surface area (Å²) in [5, 5.41) is 3.61. The molecule has 0 atom stereocenters. The molecule has 0 aliphatic rings. The first-order valence-electron chi connectivity index (χ1n) is 7.33. The number of anilines is 1. The highest BCUT2D eigenvalue weighted by atomic mass is 32.2. The van der Waals surface area contributed by atoms with Gasteiger partial charge in [0.15, 0.2) is 5.16 Å². The van der Waals surface area contributed by atoms with Crippen LogP contribution in [-0.2, 0) is 11.2 Å². The van der Waals surface area contributed by atoms with Gasteiger partial charge in [-0.1, -0.05) is 36.9 Å². The fourth-order valence-corrected chi connectivity index (χ4v) is 2.81. The Labute approximate surface area is 135 Å². The van der Waals surface area contributed by atoms with Gasteiger partial charge in [0.2, 0.25) is 5.91 Å². The number of hydrogen-bond donors (Lipinski definition) is 1. The fourth-order valence-electron chi connectivity index (χ4n) is 2.07. The number of carbonyl (C=O) groups excluding carboxylic acids is 1. The van der Waals surface area contributed by atoms with Gasteiger partial charge >= 0.3 is 0 Å². The van der Waals surface area contributed by atoms with E-state index in [1.807, 2.05) is 45.0 Å². The molecule has 5 heteroatoms. The average molecular weight is 315 g/mol. The summed E-state index contributed by atoms with van der Waals surface area (Å²) in [7, 11) is 0. The number of hydrogen-bond acceptors (Lipinski definition) is 4. The highest BCUT2D eigenvalue weighted by Crippen LogP contribution is 2.19. The molecule has 2 rings (SSSR count). The summed E-state index contributed by atoms with van der Waals surface area (Å²) in [6.45, 7) is 8.01. The first kappa shape index (κ1) is 16.5. The Kier molecular flexibility index (Phi) is 5.55. The van der Waals surface area contributed by atoms with Crippen LogP contribution in [0.3, 0.4) is 0 Å². The number of aromatic nitrogens is 2. The zero-order valence-corrected chi connectivity index (χ0v) is 14.3. The van der Waals surface area contributed by atoms with Crippen LogP contribution in [0.15, 0.2) is 29.4 Å². The van der Waals surface area contributed by atoms with Crippen molar-refractivity contribution in [2.75, 3.05) is 11.1 Å². The van der Waals surface area contributed by atoms with E-state index in [-0.39, 0.29) is 5.91 Å². The number of carbonyl (C=O) groups is 1. The molecule has 116 valence electrons. The summed E-state index contributed by atoms with van der Waals surface area (Å²) in [6.07, 6.45) is 0.892. The maximum Gasteiger partial charge on any atom is 0.234 e. The fraction of sp³-hybridized carbons (Fsp3) is 0.353. The van der Waals surface area contributed by atoms with Gasteiger partial charge in [0.1, 0.15) is 0 Å². The first-order valence-corrected chi connectivity index (χ1v) is 8.32. The zero-order chi connectivity index (χ0) is 16.1. The molecule has 0 fully saturated rings. The Morgan fingerprint density at radius 1 is 1.14 bits per heavy atom. The van der Waals surface area contributed by atoms with Crippen molar-refractivity contribution in [3.8, 4) is 0 Å². The maximum absolute atomic E-state index is 12.1. The molecule has 2 aromatic rings. The zero-order valence-electron chi connectivity index (χ0n) is 13.4. The number of thioether (sulfide) groups is 1. The van der Waals surface area contributed by atoms with Crippen molar-refractivity contribution in [2.24, 2.45) is 0 Å². The van der Waals surface area contributed by atoms with E-state index in [1.54, 1.807) is 0 Å². The van der Waals surface area contributed by atoms with Gasteiger partial charge in [0.25, 0.3) is 0 Å². The van der Waals surface area contributed by atoms with Crippen LogP contribution in [0.2, 0.25) is 0 Å². The number of nitrogens with one attached hydrogen (secondary N) is 1. The largest absolute Gasteiger partial charge is 0.325 e. The maximum atomic E-state index is 12.1. The van der Waals surface area contributed by atoms with Crippen LogP contribution in [0.5, 0.6) is 0 Å². The lowest BCUT2D eigenvalue weighted by molar-refractivity contribution is -0.113. The number of nitrogens with zero attached hydrogens (tertiary/aromatic N) is 2. The molecule has 1 amide bonds. The minimum absolute atomic E-state index is 0.0367. The second kappa shape index (κ2) is 7.40. The summed E-state index contributed by atoms with van der Waals surface area (Å²) in [4.78, 5) is 20.9. The van der Waals surface area contributed by atoms with Crippen LogP contribution in [0.4, 0.5) is 5.69 Å². The van der Waals surface area contributed by atoms with Gasteiger partial charge in [-0.15, -0.1) is 0 Å². The Balaban J connectivity index is 1.98. The standard InChI is InChI=1S/C17H21N3OS/c1-5-14-8-6-7-9-15(14)20-16(21)10-22-17-18-12(3)11(2)13(4)19-17/h6-9H,5,10H2,1-4H3,(H,20,21). The van der Waals surface area contributed by atoms with E-state index in [0.717, 1.165) is 34.6 Å². The Morgan fingerprint density at radius 2 is 1.77 bits per heavy atom. The van der Waals surface area contributed by atoms with Gasteiger partial charge in [-0.25, -0.2) is 9.97 Å². The molecule has 0 saturated heterocycles. The highest BCUT2D eigenvalue weighted by Gasteiger charge is 2.09. The second-order valence-electron chi connectivity index (χ2n) is 5.15. The van der Waals surface area contributed by atoms with Gasteiger partial charge in [0.05, 0.1) is 5.75 Å². The van der Waals surface area contributed by atoms with E-state index in [4.69, 9.17) is 0 Å². The quantitative estimate of drug-likeness (QED) is 0.675. The van der Waals surface area contributed by atoms with Crippen molar-refractivity contribution in [1.29, 1.82) is 0 Å². The van der Waals surface area contributed by atoms with Crippen LogP contribution in [0.25, 0.3) is 0 Å². The lowest BCUT2D eigenvalue weighted by Crippen LogP contribution is -2.15. The van der Waals surface area contributed by atoms with Gasteiger partial charge in [-0.3, -0.25) is 4.79 Å². The molecule has 1 aromatic carbocycles. The Hall–Kier alpha value is -1.88. The van der Waals surface area contributed by atoms with Crippen LogP contribution in [0.1, 0.15) is 29.4 Å². The molecule has 1 aromatic heterocycles. The summed E-state index contributed by atoms with van der Waals surface area (Å²) in [5.74, 6) is 0.269. The molecule has 0 aliphatic carbocycles. The minimum atomic E-state index is -0.0367. The summed E-state index contributed by atoms with van der Waals surface area (Å²) in [6, 6.07) is 7.86. The smallest absolute Gasteiger partial charge is 0.234 e. The molecule has 1 N–H and O–H groups in total. The predicted molar refractivity (Wildman–Crippen MR) is 91.4 cm³/mol. The number of aryl methyl sites for hydroxylation is 3. The molecule has 0 aliphatic heterocycles. The lowest BCUT2D eigenvalue weighted by atomic mass is 10.1. The highest BCUT2D eigenvalue weighted by molar-refractivity contribution is 7.99. The summed E-state index contributed by atoms with van der Waals surface area (Å²) < 4.78 is 0. The molecule has 0 bridgehead atoms. The number of benzene rings is 1. The van der Waals surface area contributed by atoms with Crippen molar-refractivity contribution in [3.63, 3.8) is 0 Å². The molecule has 0 saturated carbocycles. The van der Waals surface area contributed by atoms with Crippen molar-refractivity contribution >= 4 is 23.4 Å². The van der Waals surface area contributed by atoms with Crippen LogP contribution in [-0.4, -0.2) is 21.6 Å². The van der Waals surface area contributed by atoms with Crippen molar-refractivity contribution in [3.05, 3.63) is 46.8 Å². The van der Waals surface area contributed by atoms with Crippen LogP contribution in [0, 0.1) is 20.8 Å². The molecular weight excluding hydrogens is 294 g/mol. The van der Waals surface area contributed by atoms with E-state index < -0.39 is 0 Å². The molecule has 1 heterocycles. The number of para-hydroxylation sites is 1. The van der Waals surface area contributed by atoms with E-state index in [0.29, 0.717) is 10.9 Å². The second-order valence-corrected chi connectivity index (χ2v) is 6.09. The van der Waals surface area contributed by atoms with Gasteiger partial charge < -0.3 is 5.32 Å². The predicted octanol–water partition coefficient (Wildman–Crippen LogP) is 3.70. The molecule has 0 spiro atoms. The third kappa shape index (κ3) is 4.07. The number of rotatable bonds is 5. The normalized spacial score (nSPS) is 10.5.